The van der Waals surface area contributed by atoms with E-state index in [0.717, 1.165) is 0 Å². The van der Waals surface area contributed by atoms with Gasteiger partial charge in [0.05, 0.1) is 5.41 Å². The summed E-state index contributed by atoms with van der Waals surface area (Å²) in [4.78, 5) is 11.1. The highest BCUT2D eigenvalue weighted by molar-refractivity contribution is 5.85. The number of aliphatic carboxylic acids is 1. The van der Waals surface area contributed by atoms with Crippen molar-refractivity contribution in [3.8, 4) is 11.5 Å². The SMILES string of the molecule is O=C(O)C1(c2cc(F)c3c(c2)OCO3)CC1. The summed E-state index contributed by atoms with van der Waals surface area (Å²) in [6.07, 6.45) is 1.09. The number of carboxylic acid groups (broad SMARTS) is 1. The average molecular weight is 224 g/mol. The summed E-state index contributed by atoms with van der Waals surface area (Å²) in [6.45, 7) is -0.0181. The molecule has 4 nitrogen and oxygen atoms in total. The molecule has 1 aliphatic carbocycles. The van der Waals surface area contributed by atoms with Gasteiger partial charge >= 0.3 is 5.97 Å². The van der Waals surface area contributed by atoms with Crippen molar-refractivity contribution in [2.75, 3.05) is 6.79 Å². The van der Waals surface area contributed by atoms with E-state index < -0.39 is 17.2 Å². The van der Waals surface area contributed by atoms with Crippen LogP contribution in [0.15, 0.2) is 12.1 Å². The molecule has 0 radical (unpaired) electrons. The van der Waals surface area contributed by atoms with E-state index >= 15 is 0 Å². The van der Waals surface area contributed by atoms with Crippen molar-refractivity contribution in [3.63, 3.8) is 0 Å². The first-order chi connectivity index (χ1) is 7.63. The van der Waals surface area contributed by atoms with Gasteiger partial charge in [0.1, 0.15) is 0 Å². The summed E-state index contributed by atoms with van der Waals surface area (Å²) in [5, 5.41) is 9.10. The normalized spacial score (nSPS) is 19.6. The minimum absolute atomic E-state index is 0.0181. The van der Waals surface area contributed by atoms with Crippen molar-refractivity contribution in [2.45, 2.75) is 18.3 Å². The number of carbonyl (C=O) groups is 1. The summed E-state index contributed by atoms with van der Waals surface area (Å²) in [5.41, 5.74) is -0.455. The van der Waals surface area contributed by atoms with Gasteiger partial charge in [-0.1, -0.05) is 0 Å². The van der Waals surface area contributed by atoms with Gasteiger partial charge in [-0.2, -0.15) is 0 Å². The van der Waals surface area contributed by atoms with E-state index in [0.29, 0.717) is 24.2 Å². The minimum Gasteiger partial charge on any atom is -0.481 e. The van der Waals surface area contributed by atoms with Gasteiger partial charge in [-0.05, 0) is 30.5 Å². The van der Waals surface area contributed by atoms with E-state index in [2.05, 4.69) is 0 Å². The molecule has 0 bridgehead atoms. The molecule has 2 aliphatic rings. The molecule has 1 heterocycles. The van der Waals surface area contributed by atoms with Gasteiger partial charge in [-0.25, -0.2) is 4.39 Å². The third-order valence-electron chi connectivity index (χ3n) is 3.14. The maximum Gasteiger partial charge on any atom is 0.314 e. The van der Waals surface area contributed by atoms with Gasteiger partial charge in [0.2, 0.25) is 12.5 Å². The number of carboxylic acids is 1. The topological polar surface area (TPSA) is 55.8 Å². The number of ether oxygens (including phenoxy) is 2. The number of fused-ring (bicyclic) bond motifs is 1. The molecule has 0 unspecified atom stereocenters. The van der Waals surface area contributed by atoms with Crippen molar-refractivity contribution < 1.29 is 23.8 Å². The molecule has 1 N–H and O–H groups in total. The Bertz CT molecular complexity index is 479. The predicted molar refractivity (Wildman–Crippen MR) is 51.1 cm³/mol. The monoisotopic (exact) mass is 224 g/mol. The molecule has 84 valence electrons. The Morgan fingerprint density at radius 1 is 1.38 bits per heavy atom. The van der Waals surface area contributed by atoms with Crippen LogP contribution in [0.3, 0.4) is 0 Å². The van der Waals surface area contributed by atoms with E-state index in [-0.39, 0.29) is 12.5 Å². The summed E-state index contributed by atoms with van der Waals surface area (Å²) in [5.74, 6) is -1.10. The first-order valence-corrected chi connectivity index (χ1v) is 4.96. The van der Waals surface area contributed by atoms with Crippen molar-refractivity contribution in [2.24, 2.45) is 0 Å². The molecule has 0 atom stereocenters. The Labute approximate surface area is 90.6 Å². The molecule has 16 heavy (non-hydrogen) atoms. The maximum atomic E-state index is 13.6. The number of hydrogen-bond donors (Lipinski definition) is 1. The summed E-state index contributed by atoms with van der Waals surface area (Å²) >= 11 is 0. The van der Waals surface area contributed by atoms with Crippen LogP contribution in [0.1, 0.15) is 18.4 Å². The Hall–Kier alpha value is -1.78. The van der Waals surface area contributed by atoms with E-state index in [1.807, 2.05) is 0 Å². The fourth-order valence-electron chi connectivity index (χ4n) is 1.99. The predicted octanol–water partition coefficient (Wildman–Crippen LogP) is 1.67. The fraction of sp³-hybridized carbons (Fsp3) is 0.364. The second-order valence-corrected chi connectivity index (χ2v) is 4.08. The lowest BCUT2D eigenvalue weighted by atomic mass is 9.95. The number of benzene rings is 1. The van der Waals surface area contributed by atoms with Crippen LogP contribution in [0.2, 0.25) is 0 Å². The highest BCUT2D eigenvalue weighted by Crippen LogP contribution is 2.51. The van der Waals surface area contributed by atoms with Crippen LogP contribution < -0.4 is 9.47 Å². The smallest absolute Gasteiger partial charge is 0.314 e. The van der Waals surface area contributed by atoms with Crippen LogP contribution in [-0.2, 0) is 10.2 Å². The largest absolute Gasteiger partial charge is 0.481 e. The van der Waals surface area contributed by atoms with Crippen LogP contribution in [0.25, 0.3) is 0 Å². The lowest BCUT2D eigenvalue weighted by Crippen LogP contribution is -2.19. The van der Waals surface area contributed by atoms with Crippen molar-refractivity contribution in [1.29, 1.82) is 0 Å². The first-order valence-electron chi connectivity index (χ1n) is 4.96. The van der Waals surface area contributed by atoms with Crippen molar-refractivity contribution in [3.05, 3.63) is 23.5 Å². The third-order valence-corrected chi connectivity index (χ3v) is 3.14. The minimum atomic E-state index is -0.915. The zero-order chi connectivity index (χ0) is 11.3. The van der Waals surface area contributed by atoms with Gasteiger partial charge < -0.3 is 14.6 Å². The van der Waals surface area contributed by atoms with Gasteiger partial charge in [0.25, 0.3) is 0 Å². The third kappa shape index (κ3) is 1.11. The molecule has 3 rings (SSSR count). The number of rotatable bonds is 2. The maximum absolute atomic E-state index is 13.6. The highest BCUT2D eigenvalue weighted by Gasteiger charge is 2.52. The Balaban J connectivity index is 2.10. The van der Waals surface area contributed by atoms with E-state index in [1.165, 1.54) is 6.07 Å². The van der Waals surface area contributed by atoms with Crippen LogP contribution >= 0.6 is 0 Å². The Morgan fingerprint density at radius 2 is 2.12 bits per heavy atom. The van der Waals surface area contributed by atoms with E-state index in [1.54, 1.807) is 6.07 Å². The number of hydrogen-bond acceptors (Lipinski definition) is 3. The average Bonchev–Trinajstić information content (AvgIpc) is 2.92. The van der Waals surface area contributed by atoms with Gasteiger partial charge in [0, 0.05) is 0 Å². The second-order valence-electron chi connectivity index (χ2n) is 4.08. The van der Waals surface area contributed by atoms with Crippen LogP contribution in [-0.4, -0.2) is 17.9 Å². The fourth-order valence-corrected chi connectivity index (χ4v) is 1.99. The van der Waals surface area contributed by atoms with Crippen LogP contribution in [0, 0.1) is 5.82 Å². The molecule has 1 aliphatic heterocycles. The molecular formula is C11H9FO4. The van der Waals surface area contributed by atoms with E-state index in [4.69, 9.17) is 14.6 Å². The molecule has 0 amide bonds. The Morgan fingerprint density at radius 3 is 2.75 bits per heavy atom. The molecule has 0 saturated heterocycles. The molecule has 1 aromatic carbocycles. The summed E-state index contributed by atoms with van der Waals surface area (Å²) in [6, 6.07) is 2.79. The first kappa shape index (κ1) is 9.45. The number of halogens is 1. The van der Waals surface area contributed by atoms with Crippen molar-refractivity contribution >= 4 is 5.97 Å². The summed E-state index contributed by atoms with van der Waals surface area (Å²) in [7, 11) is 0. The highest BCUT2D eigenvalue weighted by atomic mass is 19.1. The quantitative estimate of drug-likeness (QED) is 0.830. The molecule has 1 fully saturated rings. The van der Waals surface area contributed by atoms with E-state index in [9.17, 15) is 9.18 Å². The molecule has 0 spiro atoms. The van der Waals surface area contributed by atoms with Gasteiger partial charge in [-0.15, -0.1) is 0 Å². The van der Waals surface area contributed by atoms with Gasteiger partial charge in [-0.3, -0.25) is 4.79 Å². The van der Waals surface area contributed by atoms with Crippen LogP contribution in [0.5, 0.6) is 11.5 Å². The lowest BCUT2D eigenvalue weighted by molar-refractivity contribution is -0.140. The molecular weight excluding hydrogens is 215 g/mol. The molecule has 0 aromatic heterocycles. The standard InChI is InChI=1S/C11H9FO4/c12-7-3-6(11(1-2-11)10(13)14)4-8-9(7)16-5-15-8/h3-4H,1-2,5H2,(H,13,14). The molecule has 5 heteroatoms. The zero-order valence-corrected chi connectivity index (χ0v) is 8.33. The summed E-state index contributed by atoms with van der Waals surface area (Å²) < 4.78 is 23.6. The van der Waals surface area contributed by atoms with Crippen LogP contribution in [0.4, 0.5) is 4.39 Å². The molecule has 1 saturated carbocycles. The van der Waals surface area contributed by atoms with Gasteiger partial charge in [0.15, 0.2) is 11.6 Å². The second kappa shape index (κ2) is 2.87. The molecule has 1 aromatic rings. The Kier molecular flexibility index (Phi) is 1.70. The zero-order valence-electron chi connectivity index (χ0n) is 8.33. The van der Waals surface area contributed by atoms with Crippen molar-refractivity contribution in [1.82, 2.24) is 0 Å². The lowest BCUT2D eigenvalue weighted by Gasteiger charge is -2.11.